The molecule has 2 rings (SSSR count). The number of carbonyl (C=O) groups is 1. The lowest BCUT2D eigenvalue weighted by atomic mass is 10.2. The Kier molecular flexibility index (Phi) is 4.11. The van der Waals surface area contributed by atoms with Crippen molar-refractivity contribution in [1.29, 1.82) is 0 Å². The molecule has 0 fully saturated rings. The molecule has 0 saturated heterocycles. The van der Waals surface area contributed by atoms with Crippen LogP contribution in [0.1, 0.15) is 37.1 Å². The van der Waals surface area contributed by atoms with Gasteiger partial charge in [0, 0.05) is 18.0 Å². The van der Waals surface area contributed by atoms with Crippen LogP contribution in [0.25, 0.3) is 10.9 Å². The summed E-state index contributed by atoms with van der Waals surface area (Å²) in [5.41, 5.74) is 1.67. The third-order valence-electron chi connectivity index (χ3n) is 2.11. The van der Waals surface area contributed by atoms with E-state index in [4.69, 9.17) is 0 Å². The van der Waals surface area contributed by atoms with E-state index in [9.17, 15) is 4.79 Å². The van der Waals surface area contributed by atoms with Gasteiger partial charge in [0.2, 0.25) is 0 Å². The number of carbonyl (C=O) groups excluding carboxylic acids is 1. The van der Waals surface area contributed by atoms with Gasteiger partial charge in [0.05, 0.1) is 5.52 Å². The van der Waals surface area contributed by atoms with E-state index in [1.807, 2.05) is 45.0 Å². The Morgan fingerprint density at radius 2 is 1.75 bits per heavy atom. The van der Waals surface area contributed by atoms with Crippen molar-refractivity contribution < 1.29 is 4.79 Å². The van der Waals surface area contributed by atoms with Crippen LogP contribution in [0.2, 0.25) is 0 Å². The summed E-state index contributed by atoms with van der Waals surface area (Å²) in [5.74, 6) is 0.194. The Balaban J connectivity index is 0.000000606. The number of Topliss-reactive ketones (excluding diaryl/α,β-unsaturated/α-hetero) is 1. The van der Waals surface area contributed by atoms with E-state index in [2.05, 4.69) is 9.97 Å². The fourth-order valence-corrected chi connectivity index (χ4v) is 1.39. The van der Waals surface area contributed by atoms with E-state index in [1.54, 1.807) is 0 Å². The van der Waals surface area contributed by atoms with E-state index >= 15 is 0 Å². The Morgan fingerprint density at radius 1 is 1.12 bits per heavy atom. The number of benzene rings is 1. The lowest BCUT2D eigenvalue weighted by molar-refractivity contribution is 0.100. The monoisotopic (exact) mass is 216 g/mol. The number of hydrogen-bond acceptors (Lipinski definition) is 3. The first-order valence-electron chi connectivity index (χ1n) is 5.43. The first-order chi connectivity index (χ1) is 7.68. The van der Waals surface area contributed by atoms with Crippen LogP contribution in [0.5, 0.6) is 0 Å². The summed E-state index contributed by atoms with van der Waals surface area (Å²) in [6.07, 6.45) is 0. The van der Waals surface area contributed by atoms with Gasteiger partial charge in [-0.1, -0.05) is 32.0 Å². The molecule has 0 aliphatic carbocycles. The molecule has 0 N–H and O–H groups in total. The number of fused-ring (bicyclic) bond motifs is 1. The lowest BCUT2D eigenvalue weighted by Gasteiger charge is -2.02. The van der Waals surface area contributed by atoms with Crippen LogP contribution in [0.4, 0.5) is 0 Å². The molecule has 0 amide bonds. The van der Waals surface area contributed by atoms with Gasteiger partial charge >= 0.3 is 0 Å². The van der Waals surface area contributed by atoms with E-state index < -0.39 is 0 Å². The molecule has 0 atom stereocenters. The zero-order valence-electron chi connectivity index (χ0n) is 10.1. The summed E-state index contributed by atoms with van der Waals surface area (Å²) < 4.78 is 0. The number of nitrogens with zero attached hydrogens (tertiary/aromatic N) is 2. The molecule has 1 aromatic heterocycles. The minimum atomic E-state index is -0.0983. The van der Waals surface area contributed by atoms with Gasteiger partial charge in [-0.2, -0.15) is 0 Å². The number of hydrogen-bond donors (Lipinski definition) is 0. The Morgan fingerprint density at radius 3 is 2.38 bits per heavy atom. The highest BCUT2D eigenvalue weighted by molar-refractivity contribution is 5.93. The summed E-state index contributed by atoms with van der Waals surface area (Å²) in [7, 11) is 0. The zero-order valence-corrected chi connectivity index (χ0v) is 10.1. The Hall–Kier alpha value is -1.77. The number of para-hydroxylation sites is 1. The van der Waals surface area contributed by atoms with Crippen LogP contribution in [0, 0.1) is 6.92 Å². The molecule has 0 aliphatic rings. The van der Waals surface area contributed by atoms with Crippen molar-refractivity contribution in [2.24, 2.45) is 0 Å². The van der Waals surface area contributed by atoms with E-state index in [-0.39, 0.29) is 5.78 Å². The van der Waals surface area contributed by atoms with Gasteiger partial charge in [0.15, 0.2) is 11.6 Å². The molecular formula is C13H16N2O. The first kappa shape index (κ1) is 12.3. The predicted molar refractivity (Wildman–Crippen MR) is 65.6 cm³/mol. The van der Waals surface area contributed by atoms with Gasteiger partial charge in [0.25, 0.3) is 0 Å². The molecule has 0 radical (unpaired) electrons. The second kappa shape index (κ2) is 5.35. The van der Waals surface area contributed by atoms with Crippen molar-refractivity contribution in [3.63, 3.8) is 0 Å². The third kappa shape index (κ3) is 2.42. The lowest BCUT2D eigenvalue weighted by Crippen LogP contribution is -2.02. The van der Waals surface area contributed by atoms with Crippen molar-refractivity contribution in [2.75, 3.05) is 0 Å². The SMILES string of the molecule is CC.CC(=O)c1nc(C)c2ccccc2n1. The van der Waals surface area contributed by atoms with E-state index in [0.29, 0.717) is 5.82 Å². The highest BCUT2D eigenvalue weighted by Gasteiger charge is 2.06. The molecule has 0 saturated carbocycles. The number of aryl methyl sites for hydroxylation is 1. The molecule has 0 unspecified atom stereocenters. The van der Waals surface area contributed by atoms with E-state index in [1.165, 1.54) is 6.92 Å². The minimum Gasteiger partial charge on any atom is -0.291 e. The van der Waals surface area contributed by atoms with Crippen molar-refractivity contribution in [3.05, 3.63) is 35.8 Å². The minimum absolute atomic E-state index is 0.0983. The summed E-state index contributed by atoms with van der Waals surface area (Å²) in [5, 5.41) is 0.998. The zero-order chi connectivity index (χ0) is 12.1. The standard InChI is InChI=1S/C11H10N2O.C2H6/c1-7-9-5-3-4-6-10(9)13-11(12-7)8(2)14;1-2/h3-6H,1-2H3;1-2H3. The molecule has 2 aromatic rings. The van der Waals surface area contributed by atoms with E-state index in [0.717, 1.165) is 16.6 Å². The molecule has 16 heavy (non-hydrogen) atoms. The molecule has 0 spiro atoms. The molecule has 1 heterocycles. The van der Waals surface area contributed by atoms with Crippen LogP contribution in [-0.4, -0.2) is 15.8 Å². The van der Waals surface area contributed by atoms with Gasteiger partial charge in [-0.25, -0.2) is 9.97 Å². The maximum Gasteiger partial charge on any atom is 0.196 e. The van der Waals surface area contributed by atoms with Crippen molar-refractivity contribution in [1.82, 2.24) is 9.97 Å². The highest BCUT2D eigenvalue weighted by atomic mass is 16.1. The number of rotatable bonds is 1. The quantitative estimate of drug-likeness (QED) is 0.688. The molecule has 0 bridgehead atoms. The largest absolute Gasteiger partial charge is 0.291 e. The molecular weight excluding hydrogens is 200 g/mol. The van der Waals surface area contributed by atoms with Gasteiger partial charge < -0.3 is 0 Å². The van der Waals surface area contributed by atoms with Gasteiger partial charge in [-0.3, -0.25) is 4.79 Å². The van der Waals surface area contributed by atoms with Crippen LogP contribution < -0.4 is 0 Å². The highest BCUT2D eigenvalue weighted by Crippen LogP contribution is 2.14. The average Bonchev–Trinajstić information content (AvgIpc) is 2.31. The molecule has 3 heteroatoms. The number of ketones is 1. The first-order valence-corrected chi connectivity index (χ1v) is 5.43. The Bertz CT molecular complexity index is 506. The van der Waals surface area contributed by atoms with Crippen LogP contribution in [0.15, 0.2) is 24.3 Å². The topological polar surface area (TPSA) is 42.9 Å². The molecule has 84 valence electrons. The fourth-order valence-electron chi connectivity index (χ4n) is 1.39. The summed E-state index contributed by atoms with van der Waals surface area (Å²) in [4.78, 5) is 19.4. The van der Waals surface area contributed by atoms with Crippen molar-refractivity contribution in [2.45, 2.75) is 27.7 Å². The van der Waals surface area contributed by atoms with Gasteiger partial charge in [0.1, 0.15) is 0 Å². The fraction of sp³-hybridized carbons (Fsp3) is 0.308. The summed E-state index contributed by atoms with van der Waals surface area (Å²) in [6, 6.07) is 7.68. The maximum absolute atomic E-state index is 11.1. The van der Waals surface area contributed by atoms with Crippen molar-refractivity contribution >= 4 is 16.7 Å². The maximum atomic E-state index is 11.1. The van der Waals surface area contributed by atoms with Crippen LogP contribution in [-0.2, 0) is 0 Å². The average molecular weight is 216 g/mol. The molecule has 0 aliphatic heterocycles. The van der Waals surface area contributed by atoms with Gasteiger partial charge in [-0.15, -0.1) is 0 Å². The second-order valence-corrected chi connectivity index (χ2v) is 3.21. The normalized spacial score (nSPS) is 9.50. The third-order valence-corrected chi connectivity index (χ3v) is 2.11. The van der Waals surface area contributed by atoms with Crippen molar-refractivity contribution in [3.8, 4) is 0 Å². The van der Waals surface area contributed by atoms with Gasteiger partial charge in [-0.05, 0) is 13.0 Å². The molecule has 3 nitrogen and oxygen atoms in total. The second-order valence-electron chi connectivity index (χ2n) is 3.21. The Labute approximate surface area is 95.5 Å². The molecule has 1 aromatic carbocycles. The smallest absolute Gasteiger partial charge is 0.196 e. The number of aromatic nitrogens is 2. The van der Waals surface area contributed by atoms with Crippen LogP contribution >= 0.6 is 0 Å². The summed E-state index contributed by atoms with van der Waals surface area (Å²) >= 11 is 0. The predicted octanol–water partition coefficient (Wildman–Crippen LogP) is 3.17. The summed E-state index contributed by atoms with van der Waals surface area (Å²) in [6.45, 7) is 7.36. The van der Waals surface area contributed by atoms with Crippen LogP contribution in [0.3, 0.4) is 0 Å².